The Bertz CT molecular complexity index is 1110. The Morgan fingerprint density at radius 1 is 0.886 bits per heavy atom. The van der Waals surface area contributed by atoms with Gasteiger partial charge in [-0.2, -0.15) is 0 Å². The Kier molecular flexibility index (Phi) is 7.45. The van der Waals surface area contributed by atoms with E-state index in [1.807, 2.05) is 53.4 Å². The van der Waals surface area contributed by atoms with E-state index in [0.717, 1.165) is 48.5 Å². The van der Waals surface area contributed by atoms with Gasteiger partial charge < -0.3 is 19.6 Å². The van der Waals surface area contributed by atoms with Crippen molar-refractivity contribution in [3.8, 4) is 5.75 Å². The molecule has 0 radical (unpaired) electrons. The number of anilines is 1. The smallest absolute Gasteiger partial charge is 0.227 e. The van der Waals surface area contributed by atoms with Crippen molar-refractivity contribution in [3.63, 3.8) is 0 Å². The molecule has 0 aromatic heterocycles. The summed E-state index contributed by atoms with van der Waals surface area (Å²) in [5, 5.41) is 10.7. The molecular formula is C30H34N2O3. The summed E-state index contributed by atoms with van der Waals surface area (Å²) in [4.78, 5) is 16.9. The molecule has 182 valence electrons. The van der Waals surface area contributed by atoms with Crippen LogP contribution < -0.4 is 9.64 Å². The number of aliphatic hydroxyl groups is 1. The molecule has 0 saturated carbocycles. The second-order valence-electron chi connectivity index (χ2n) is 9.67. The van der Waals surface area contributed by atoms with Crippen LogP contribution in [-0.2, 0) is 17.8 Å². The van der Waals surface area contributed by atoms with E-state index < -0.39 is 6.10 Å². The number of hydrogen-bond acceptors (Lipinski definition) is 4. The summed E-state index contributed by atoms with van der Waals surface area (Å²) < 4.78 is 6.12. The van der Waals surface area contributed by atoms with Gasteiger partial charge in [0.2, 0.25) is 5.91 Å². The van der Waals surface area contributed by atoms with Crippen molar-refractivity contribution in [2.24, 2.45) is 0 Å². The van der Waals surface area contributed by atoms with E-state index in [-0.39, 0.29) is 12.5 Å². The number of benzene rings is 3. The van der Waals surface area contributed by atoms with Crippen molar-refractivity contribution in [2.75, 3.05) is 31.1 Å². The standard InChI is InChI=1S/C30H34N2O3/c33-26(21-31-18-16-25(17-19-31)24-10-5-2-6-11-24)22-35-29-13-7-12-28-27(29)14-15-30(34)32(28)20-23-8-3-1-4-9-23/h1-13,25-26,33H,14-22H2. The van der Waals surface area contributed by atoms with E-state index in [9.17, 15) is 9.90 Å². The van der Waals surface area contributed by atoms with Crippen LogP contribution in [0.1, 0.15) is 41.9 Å². The minimum absolute atomic E-state index is 0.137. The number of fused-ring (bicyclic) bond motifs is 1. The molecule has 2 aliphatic rings. The van der Waals surface area contributed by atoms with Crippen molar-refractivity contribution in [1.82, 2.24) is 4.90 Å². The molecule has 1 amide bonds. The fourth-order valence-electron chi connectivity index (χ4n) is 5.34. The highest BCUT2D eigenvalue weighted by atomic mass is 16.5. The first kappa shape index (κ1) is 23.6. The summed E-state index contributed by atoms with van der Waals surface area (Å²) in [6.45, 7) is 3.41. The summed E-state index contributed by atoms with van der Waals surface area (Å²) in [5.74, 6) is 1.52. The minimum atomic E-state index is -0.551. The van der Waals surface area contributed by atoms with Crippen LogP contribution in [0.3, 0.4) is 0 Å². The molecule has 2 aliphatic heterocycles. The Balaban J connectivity index is 1.17. The lowest BCUT2D eigenvalue weighted by atomic mass is 9.89. The van der Waals surface area contributed by atoms with Gasteiger partial charge in [-0.3, -0.25) is 4.79 Å². The predicted octanol–water partition coefficient (Wildman–Crippen LogP) is 4.79. The number of rotatable bonds is 8. The summed E-state index contributed by atoms with van der Waals surface area (Å²) >= 11 is 0. The van der Waals surface area contributed by atoms with Gasteiger partial charge >= 0.3 is 0 Å². The zero-order chi connectivity index (χ0) is 24.0. The van der Waals surface area contributed by atoms with Crippen molar-refractivity contribution in [1.29, 1.82) is 0 Å². The number of amides is 1. The number of aliphatic hydroxyl groups excluding tert-OH is 1. The molecule has 5 rings (SSSR count). The van der Waals surface area contributed by atoms with Gasteiger partial charge in [-0.25, -0.2) is 0 Å². The molecule has 0 spiro atoms. The van der Waals surface area contributed by atoms with Crippen molar-refractivity contribution >= 4 is 11.6 Å². The molecule has 1 unspecified atom stereocenters. The number of ether oxygens (including phenoxy) is 1. The molecule has 1 fully saturated rings. The van der Waals surface area contributed by atoms with Gasteiger partial charge in [-0.05, 0) is 61.5 Å². The summed E-state index contributed by atoms with van der Waals surface area (Å²) in [7, 11) is 0. The molecule has 3 aromatic rings. The third kappa shape index (κ3) is 5.75. The fourth-order valence-corrected chi connectivity index (χ4v) is 5.34. The lowest BCUT2D eigenvalue weighted by Gasteiger charge is -2.33. The first-order valence-electron chi connectivity index (χ1n) is 12.7. The third-order valence-electron chi connectivity index (χ3n) is 7.23. The summed E-state index contributed by atoms with van der Waals surface area (Å²) in [6.07, 6.45) is 2.83. The van der Waals surface area contributed by atoms with Gasteiger partial charge in [0.25, 0.3) is 0 Å². The van der Waals surface area contributed by atoms with E-state index in [1.165, 1.54) is 5.56 Å². The SMILES string of the molecule is O=C1CCc2c(OCC(O)CN3CCC(c4ccccc4)CC3)cccc2N1Cc1ccccc1. The number of β-amino-alcohol motifs (C(OH)–C–C–N with tert-alkyl or cyclic N) is 1. The van der Waals surface area contributed by atoms with Crippen molar-refractivity contribution in [3.05, 3.63) is 95.6 Å². The fraction of sp³-hybridized carbons (Fsp3) is 0.367. The number of likely N-dealkylation sites (tertiary alicyclic amines) is 1. The highest BCUT2D eigenvalue weighted by Gasteiger charge is 2.27. The van der Waals surface area contributed by atoms with Crippen LogP contribution in [0, 0.1) is 0 Å². The molecule has 1 N–H and O–H groups in total. The topological polar surface area (TPSA) is 53.0 Å². The van der Waals surface area contributed by atoms with Crippen LogP contribution in [-0.4, -0.2) is 48.3 Å². The number of nitrogens with zero attached hydrogens (tertiary/aromatic N) is 2. The second-order valence-corrected chi connectivity index (χ2v) is 9.67. The number of hydrogen-bond donors (Lipinski definition) is 1. The number of carbonyl (C=O) groups excluding carboxylic acids is 1. The third-order valence-corrected chi connectivity index (χ3v) is 7.23. The molecular weight excluding hydrogens is 436 g/mol. The van der Waals surface area contributed by atoms with Gasteiger partial charge in [0.15, 0.2) is 0 Å². The first-order chi connectivity index (χ1) is 17.2. The lowest BCUT2D eigenvalue weighted by Crippen LogP contribution is -2.40. The maximum atomic E-state index is 12.7. The number of carbonyl (C=O) groups is 1. The molecule has 5 nitrogen and oxygen atoms in total. The molecule has 1 atom stereocenters. The van der Waals surface area contributed by atoms with Crippen LogP contribution in [0.25, 0.3) is 0 Å². The minimum Gasteiger partial charge on any atom is -0.490 e. The Morgan fingerprint density at radius 2 is 1.60 bits per heavy atom. The van der Waals surface area contributed by atoms with E-state index >= 15 is 0 Å². The zero-order valence-corrected chi connectivity index (χ0v) is 20.2. The lowest BCUT2D eigenvalue weighted by molar-refractivity contribution is -0.119. The molecule has 2 heterocycles. The van der Waals surface area contributed by atoms with Gasteiger partial charge in [0.1, 0.15) is 18.5 Å². The van der Waals surface area contributed by atoms with Gasteiger partial charge in [-0.15, -0.1) is 0 Å². The zero-order valence-electron chi connectivity index (χ0n) is 20.2. The van der Waals surface area contributed by atoms with Gasteiger partial charge in [0.05, 0.1) is 12.2 Å². The van der Waals surface area contributed by atoms with Gasteiger partial charge in [-0.1, -0.05) is 66.7 Å². The number of piperidine rings is 1. The molecule has 5 heteroatoms. The molecule has 1 saturated heterocycles. The second kappa shape index (κ2) is 11.1. The average molecular weight is 471 g/mol. The summed E-state index contributed by atoms with van der Waals surface area (Å²) in [6, 6.07) is 26.7. The van der Waals surface area contributed by atoms with Gasteiger partial charge in [0, 0.05) is 18.5 Å². The normalized spacial score (nSPS) is 17.7. The van der Waals surface area contributed by atoms with E-state index in [0.29, 0.717) is 31.8 Å². The molecule has 0 aliphatic carbocycles. The van der Waals surface area contributed by atoms with Crippen molar-refractivity contribution in [2.45, 2.75) is 44.2 Å². The Morgan fingerprint density at radius 3 is 2.34 bits per heavy atom. The van der Waals surface area contributed by atoms with E-state index in [2.05, 4.69) is 35.2 Å². The molecule has 35 heavy (non-hydrogen) atoms. The molecule has 0 bridgehead atoms. The maximum Gasteiger partial charge on any atom is 0.227 e. The largest absolute Gasteiger partial charge is 0.490 e. The van der Waals surface area contributed by atoms with Crippen LogP contribution >= 0.6 is 0 Å². The molecule has 3 aromatic carbocycles. The Hall–Kier alpha value is -3.15. The maximum absolute atomic E-state index is 12.7. The van der Waals surface area contributed by atoms with Crippen LogP contribution in [0.2, 0.25) is 0 Å². The summed E-state index contributed by atoms with van der Waals surface area (Å²) in [5.41, 5.74) is 4.50. The van der Waals surface area contributed by atoms with Crippen LogP contribution in [0.4, 0.5) is 5.69 Å². The van der Waals surface area contributed by atoms with E-state index in [1.54, 1.807) is 0 Å². The quantitative estimate of drug-likeness (QED) is 0.515. The van der Waals surface area contributed by atoms with E-state index in [4.69, 9.17) is 4.74 Å². The highest BCUT2D eigenvalue weighted by Crippen LogP contribution is 2.36. The predicted molar refractivity (Wildman–Crippen MR) is 139 cm³/mol. The van der Waals surface area contributed by atoms with Crippen LogP contribution in [0.15, 0.2) is 78.9 Å². The Labute approximate surface area is 208 Å². The first-order valence-corrected chi connectivity index (χ1v) is 12.7. The van der Waals surface area contributed by atoms with Crippen molar-refractivity contribution < 1.29 is 14.6 Å². The average Bonchev–Trinajstić information content (AvgIpc) is 2.90. The monoisotopic (exact) mass is 470 g/mol. The highest BCUT2D eigenvalue weighted by molar-refractivity contribution is 5.96. The van der Waals surface area contributed by atoms with Crippen LogP contribution in [0.5, 0.6) is 5.75 Å².